The molecule has 134 valence electrons. The molecule has 1 atom stereocenters. The molecule has 2 N–H and O–H groups in total. The summed E-state index contributed by atoms with van der Waals surface area (Å²) in [7, 11) is 0. The van der Waals surface area contributed by atoms with Crippen LogP contribution in [0.25, 0.3) is 0 Å². The van der Waals surface area contributed by atoms with Crippen LogP contribution in [0, 0.1) is 19.8 Å². The summed E-state index contributed by atoms with van der Waals surface area (Å²) in [6.07, 6.45) is 6.78. The monoisotopic (exact) mass is 335 g/mol. The molecule has 1 aromatic heterocycles. The van der Waals surface area contributed by atoms with Crippen molar-refractivity contribution < 1.29 is 14.3 Å². The lowest BCUT2D eigenvalue weighted by atomic mass is 9.91. The van der Waals surface area contributed by atoms with Gasteiger partial charge < -0.3 is 10.1 Å². The van der Waals surface area contributed by atoms with Gasteiger partial charge >= 0.3 is 5.97 Å². The molecule has 1 amide bonds. The van der Waals surface area contributed by atoms with Crippen molar-refractivity contribution in [1.29, 1.82) is 0 Å². The smallest absolute Gasteiger partial charge is 0.328 e. The number of hydrogen-bond acceptors (Lipinski definition) is 4. The van der Waals surface area contributed by atoms with E-state index in [2.05, 4.69) is 15.5 Å². The average Bonchev–Trinajstić information content (AvgIpc) is 2.77. The molecule has 1 heterocycles. The predicted octanol–water partition coefficient (Wildman–Crippen LogP) is 2.59. The number of esters is 1. The van der Waals surface area contributed by atoms with Gasteiger partial charge in [-0.2, -0.15) is 5.10 Å². The van der Waals surface area contributed by atoms with Crippen molar-refractivity contribution in [3.8, 4) is 0 Å². The molecule has 0 radical (unpaired) electrons. The van der Waals surface area contributed by atoms with Gasteiger partial charge in [-0.15, -0.1) is 0 Å². The Morgan fingerprint density at radius 2 is 1.92 bits per heavy atom. The van der Waals surface area contributed by atoms with Gasteiger partial charge in [-0.1, -0.05) is 25.7 Å². The number of aromatic nitrogens is 2. The van der Waals surface area contributed by atoms with E-state index in [-0.39, 0.29) is 24.2 Å². The number of aromatic amines is 1. The number of amides is 1. The van der Waals surface area contributed by atoms with E-state index in [9.17, 15) is 9.59 Å². The molecule has 6 heteroatoms. The summed E-state index contributed by atoms with van der Waals surface area (Å²) < 4.78 is 5.21. The van der Waals surface area contributed by atoms with Gasteiger partial charge in [0.15, 0.2) is 0 Å². The Labute approximate surface area is 143 Å². The summed E-state index contributed by atoms with van der Waals surface area (Å²) in [6, 6.07) is -0.539. The molecular weight excluding hydrogens is 306 g/mol. The molecule has 0 bridgehead atoms. The molecule has 0 spiro atoms. The van der Waals surface area contributed by atoms with Gasteiger partial charge in [0.2, 0.25) is 5.91 Å². The van der Waals surface area contributed by atoms with Crippen LogP contribution in [0.2, 0.25) is 0 Å². The van der Waals surface area contributed by atoms with Crippen LogP contribution in [0.5, 0.6) is 0 Å². The third-order valence-corrected chi connectivity index (χ3v) is 4.85. The Balaban J connectivity index is 2.06. The van der Waals surface area contributed by atoms with Crippen molar-refractivity contribution in [1.82, 2.24) is 15.5 Å². The van der Waals surface area contributed by atoms with Crippen LogP contribution in [0.4, 0.5) is 0 Å². The predicted molar refractivity (Wildman–Crippen MR) is 91.5 cm³/mol. The summed E-state index contributed by atoms with van der Waals surface area (Å²) in [5.41, 5.74) is 2.62. The molecule has 1 fully saturated rings. The van der Waals surface area contributed by atoms with Gasteiger partial charge in [0.05, 0.1) is 18.7 Å². The first kappa shape index (κ1) is 18.5. The number of carbonyl (C=O) groups is 2. The first-order valence-electron chi connectivity index (χ1n) is 8.99. The number of aryl methyl sites for hydroxylation is 2. The van der Waals surface area contributed by atoms with Gasteiger partial charge in [0.1, 0.15) is 6.04 Å². The van der Waals surface area contributed by atoms with Gasteiger partial charge in [0.25, 0.3) is 0 Å². The lowest BCUT2D eigenvalue weighted by Gasteiger charge is -2.25. The van der Waals surface area contributed by atoms with Crippen LogP contribution in [0.3, 0.4) is 0 Å². The molecule has 1 aliphatic rings. The minimum atomic E-state index is -0.539. The maximum absolute atomic E-state index is 12.5. The second kappa shape index (κ2) is 8.85. The maximum Gasteiger partial charge on any atom is 0.328 e. The Hall–Kier alpha value is -1.85. The fraction of sp³-hybridized carbons (Fsp3) is 0.722. The minimum absolute atomic E-state index is 0.148. The third-order valence-electron chi connectivity index (χ3n) is 4.85. The zero-order chi connectivity index (χ0) is 17.5. The normalized spacial score (nSPS) is 17.1. The molecule has 0 unspecified atom stereocenters. The molecule has 6 nitrogen and oxygen atoms in total. The first-order valence-corrected chi connectivity index (χ1v) is 8.99. The number of hydrogen-bond donors (Lipinski definition) is 2. The van der Waals surface area contributed by atoms with Crippen LogP contribution in [0.1, 0.15) is 62.4 Å². The van der Waals surface area contributed by atoms with Crippen molar-refractivity contribution in [3.63, 3.8) is 0 Å². The van der Waals surface area contributed by atoms with Crippen molar-refractivity contribution in [2.24, 2.45) is 5.92 Å². The number of nitrogens with zero attached hydrogens (tertiary/aromatic N) is 1. The third kappa shape index (κ3) is 4.82. The van der Waals surface area contributed by atoms with Gasteiger partial charge in [-0.05, 0) is 39.5 Å². The molecule has 24 heavy (non-hydrogen) atoms. The molecule has 0 aliphatic heterocycles. The highest BCUT2D eigenvalue weighted by Gasteiger charge is 2.31. The van der Waals surface area contributed by atoms with Crippen LogP contribution >= 0.6 is 0 Å². The number of ether oxygens (including phenoxy) is 1. The molecule has 1 aromatic rings. The highest BCUT2D eigenvalue weighted by molar-refractivity contribution is 5.86. The van der Waals surface area contributed by atoms with E-state index in [1.165, 1.54) is 12.8 Å². The summed E-state index contributed by atoms with van der Waals surface area (Å²) in [5.74, 6) is -0.287. The molecule has 0 saturated heterocycles. The zero-order valence-corrected chi connectivity index (χ0v) is 15.0. The van der Waals surface area contributed by atoms with E-state index in [4.69, 9.17) is 4.74 Å². The fourth-order valence-corrected chi connectivity index (χ4v) is 3.47. The molecule has 1 aliphatic carbocycles. The van der Waals surface area contributed by atoms with Crippen LogP contribution in [-0.4, -0.2) is 34.7 Å². The highest BCUT2D eigenvalue weighted by Crippen LogP contribution is 2.26. The standard InChI is InChI=1S/C18H29N3O3/c1-4-24-18(23)17(14-9-7-5-6-8-10-14)19-16(22)11-15-12(2)20-21-13(15)3/h14,17H,4-11H2,1-3H3,(H,19,22)(H,20,21)/t17-/m0/s1. The van der Waals surface area contributed by atoms with E-state index >= 15 is 0 Å². The quantitative estimate of drug-likeness (QED) is 0.618. The van der Waals surface area contributed by atoms with Gasteiger partial charge in [-0.3, -0.25) is 9.89 Å². The van der Waals surface area contributed by atoms with Crippen molar-refractivity contribution >= 4 is 11.9 Å². The second-order valence-electron chi connectivity index (χ2n) is 6.64. The van der Waals surface area contributed by atoms with E-state index in [0.29, 0.717) is 6.61 Å². The number of rotatable bonds is 6. The van der Waals surface area contributed by atoms with Crippen molar-refractivity contribution in [2.45, 2.75) is 71.8 Å². The van der Waals surface area contributed by atoms with E-state index in [1.807, 2.05) is 13.8 Å². The topological polar surface area (TPSA) is 84.1 Å². The SMILES string of the molecule is CCOC(=O)[C@@H](NC(=O)Cc1c(C)n[nH]c1C)C1CCCCCC1. The van der Waals surface area contributed by atoms with E-state index < -0.39 is 6.04 Å². The highest BCUT2D eigenvalue weighted by atomic mass is 16.5. The van der Waals surface area contributed by atoms with Crippen LogP contribution in [0.15, 0.2) is 0 Å². The van der Waals surface area contributed by atoms with Crippen molar-refractivity contribution in [3.05, 3.63) is 17.0 Å². The number of nitrogens with one attached hydrogen (secondary N) is 2. The maximum atomic E-state index is 12.5. The molecule has 0 aromatic carbocycles. The molecule has 2 rings (SSSR count). The second-order valence-corrected chi connectivity index (χ2v) is 6.64. The Kier molecular flexibility index (Phi) is 6.82. The zero-order valence-electron chi connectivity index (χ0n) is 15.0. The molecule has 1 saturated carbocycles. The first-order chi connectivity index (χ1) is 11.5. The minimum Gasteiger partial charge on any atom is -0.464 e. The average molecular weight is 335 g/mol. The summed E-state index contributed by atoms with van der Waals surface area (Å²) in [6.45, 7) is 5.90. The largest absolute Gasteiger partial charge is 0.464 e. The van der Waals surface area contributed by atoms with Crippen molar-refractivity contribution in [2.75, 3.05) is 6.61 Å². The van der Waals surface area contributed by atoms with E-state index in [1.54, 1.807) is 6.92 Å². The van der Waals surface area contributed by atoms with E-state index in [0.717, 1.165) is 42.6 Å². The van der Waals surface area contributed by atoms with Gasteiger partial charge in [0, 0.05) is 11.3 Å². The summed E-state index contributed by atoms with van der Waals surface area (Å²) >= 11 is 0. The van der Waals surface area contributed by atoms with Crippen LogP contribution < -0.4 is 5.32 Å². The fourth-order valence-electron chi connectivity index (χ4n) is 3.47. The Morgan fingerprint density at radius 1 is 1.25 bits per heavy atom. The van der Waals surface area contributed by atoms with Crippen LogP contribution in [-0.2, 0) is 20.7 Å². The van der Waals surface area contributed by atoms with Gasteiger partial charge in [-0.25, -0.2) is 4.79 Å². The summed E-state index contributed by atoms with van der Waals surface area (Å²) in [5, 5.41) is 9.94. The summed E-state index contributed by atoms with van der Waals surface area (Å²) in [4.78, 5) is 24.9. The lowest BCUT2D eigenvalue weighted by molar-refractivity contribution is -0.149. The lowest BCUT2D eigenvalue weighted by Crippen LogP contribution is -2.47. The Bertz CT molecular complexity index is 540. The Morgan fingerprint density at radius 3 is 2.46 bits per heavy atom. The number of H-pyrrole nitrogens is 1. The molecular formula is C18H29N3O3. The number of carbonyl (C=O) groups excluding carboxylic acids is 2.